The highest BCUT2D eigenvalue weighted by Gasteiger charge is 2.37. The van der Waals surface area contributed by atoms with E-state index in [9.17, 15) is 4.79 Å². The van der Waals surface area contributed by atoms with Gasteiger partial charge in [-0.2, -0.15) is 0 Å². The maximum Gasteiger partial charge on any atom is 0.244 e. The summed E-state index contributed by atoms with van der Waals surface area (Å²) in [5, 5.41) is 3.11. The Morgan fingerprint density at radius 1 is 1.23 bits per heavy atom. The number of rotatable bonds is 5. The Morgan fingerprint density at radius 2 is 1.82 bits per heavy atom. The number of carbonyl (C=O) groups is 1. The fourth-order valence-corrected chi connectivity index (χ4v) is 3.34. The lowest BCUT2D eigenvalue weighted by Gasteiger charge is -2.43. The predicted octanol–water partition coefficient (Wildman–Crippen LogP) is 2.24. The second-order valence-electron chi connectivity index (χ2n) is 6.93. The number of nitrogens with one attached hydrogen (secondary N) is 1. The topological polar surface area (TPSA) is 58.4 Å². The van der Waals surface area contributed by atoms with Gasteiger partial charge < -0.3 is 16.0 Å². The van der Waals surface area contributed by atoms with E-state index in [0.29, 0.717) is 6.54 Å². The standard InChI is InChI=1S/C18H29N3O/c1-17(19,15-10-6-4-7-11-15)16(22)20-14-18(21(2)3)12-8-5-9-13-18/h4,6-7,10-11H,5,8-9,12-14,19H2,1-3H3,(H,20,22). The molecule has 1 aliphatic carbocycles. The molecule has 1 saturated carbocycles. The van der Waals surface area contributed by atoms with Crippen LogP contribution in [0.3, 0.4) is 0 Å². The maximum atomic E-state index is 12.6. The van der Waals surface area contributed by atoms with Crippen molar-refractivity contribution in [1.82, 2.24) is 10.2 Å². The highest BCUT2D eigenvalue weighted by molar-refractivity contribution is 5.87. The van der Waals surface area contributed by atoms with Gasteiger partial charge in [-0.05, 0) is 39.4 Å². The largest absolute Gasteiger partial charge is 0.352 e. The number of benzene rings is 1. The van der Waals surface area contributed by atoms with Gasteiger partial charge in [0.05, 0.1) is 0 Å². The molecule has 4 nitrogen and oxygen atoms in total. The highest BCUT2D eigenvalue weighted by Crippen LogP contribution is 2.31. The van der Waals surface area contributed by atoms with Gasteiger partial charge in [-0.25, -0.2) is 0 Å². The molecule has 0 aliphatic heterocycles. The molecule has 122 valence electrons. The van der Waals surface area contributed by atoms with Crippen LogP contribution in [0.15, 0.2) is 30.3 Å². The molecule has 1 fully saturated rings. The van der Waals surface area contributed by atoms with Gasteiger partial charge in [-0.1, -0.05) is 49.6 Å². The Labute approximate surface area is 134 Å². The molecule has 0 saturated heterocycles. The SMILES string of the molecule is CN(C)C1(CNC(=O)C(C)(N)c2ccccc2)CCCCC1. The smallest absolute Gasteiger partial charge is 0.244 e. The van der Waals surface area contributed by atoms with E-state index in [-0.39, 0.29) is 11.4 Å². The van der Waals surface area contributed by atoms with Gasteiger partial charge in [0.15, 0.2) is 0 Å². The van der Waals surface area contributed by atoms with Crippen LogP contribution >= 0.6 is 0 Å². The van der Waals surface area contributed by atoms with E-state index in [2.05, 4.69) is 24.3 Å². The molecule has 0 radical (unpaired) electrons. The summed E-state index contributed by atoms with van der Waals surface area (Å²) < 4.78 is 0. The number of amides is 1. The zero-order chi connectivity index (χ0) is 16.2. The molecule has 1 unspecified atom stereocenters. The van der Waals surface area contributed by atoms with E-state index in [1.165, 1.54) is 19.3 Å². The summed E-state index contributed by atoms with van der Waals surface area (Å²) in [7, 11) is 4.21. The summed E-state index contributed by atoms with van der Waals surface area (Å²) in [5.74, 6) is -0.106. The highest BCUT2D eigenvalue weighted by atomic mass is 16.2. The van der Waals surface area contributed by atoms with Gasteiger partial charge in [-0.15, -0.1) is 0 Å². The molecular weight excluding hydrogens is 274 g/mol. The number of carbonyl (C=O) groups excluding carboxylic acids is 1. The molecule has 1 amide bonds. The molecule has 0 aromatic heterocycles. The second-order valence-corrected chi connectivity index (χ2v) is 6.93. The van der Waals surface area contributed by atoms with E-state index < -0.39 is 5.54 Å². The van der Waals surface area contributed by atoms with Crippen LogP contribution in [0.5, 0.6) is 0 Å². The van der Waals surface area contributed by atoms with Crippen molar-refractivity contribution >= 4 is 5.91 Å². The summed E-state index contributed by atoms with van der Waals surface area (Å²) in [5.41, 5.74) is 6.21. The first kappa shape index (κ1) is 17.0. The van der Waals surface area contributed by atoms with Crippen molar-refractivity contribution in [1.29, 1.82) is 0 Å². The van der Waals surface area contributed by atoms with Crippen LogP contribution in [0.4, 0.5) is 0 Å². The number of likely N-dealkylation sites (N-methyl/N-ethyl adjacent to an activating group) is 1. The molecule has 1 aromatic rings. The van der Waals surface area contributed by atoms with Crippen molar-refractivity contribution in [3.8, 4) is 0 Å². The number of nitrogens with two attached hydrogens (primary N) is 1. The van der Waals surface area contributed by atoms with Crippen LogP contribution in [0.25, 0.3) is 0 Å². The summed E-state index contributed by atoms with van der Waals surface area (Å²) in [6, 6.07) is 9.57. The zero-order valence-electron chi connectivity index (χ0n) is 14.1. The van der Waals surface area contributed by atoms with E-state index in [0.717, 1.165) is 18.4 Å². The first-order valence-corrected chi connectivity index (χ1v) is 8.19. The molecule has 22 heavy (non-hydrogen) atoms. The van der Waals surface area contributed by atoms with Crippen molar-refractivity contribution in [2.45, 2.75) is 50.1 Å². The van der Waals surface area contributed by atoms with Gasteiger partial charge >= 0.3 is 0 Å². The lowest BCUT2D eigenvalue weighted by Crippen LogP contribution is -2.57. The lowest BCUT2D eigenvalue weighted by atomic mass is 9.80. The van der Waals surface area contributed by atoms with Gasteiger partial charge in [0.25, 0.3) is 0 Å². The molecule has 1 aliphatic rings. The van der Waals surface area contributed by atoms with Crippen molar-refractivity contribution in [2.24, 2.45) is 5.73 Å². The lowest BCUT2D eigenvalue weighted by molar-refractivity contribution is -0.126. The fourth-order valence-electron chi connectivity index (χ4n) is 3.34. The Balaban J connectivity index is 2.05. The summed E-state index contributed by atoms with van der Waals surface area (Å²) in [4.78, 5) is 14.9. The second kappa shape index (κ2) is 6.80. The van der Waals surface area contributed by atoms with Gasteiger partial charge in [0.1, 0.15) is 5.54 Å². The summed E-state index contributed by atoms with van der Waals surface area (Å²) >= 11 is 0. The molecule has 0 bridgehead atoms. The average Bonchev–Trinajstić information content (AvgIpc) is 2.54. The quantitative estimate of drug-likeness (QED) is 0.877. The Morgan fingerprint density at radius 3 is 2.36 bits per heavy atom. The third-order valence-corrected chi connectivity index (χ3v) is 5.16. The predicted molar refractivity (Wildman–Crippen MR) is 90.5 cm³/mol. The molecule has 0 heterocycles. The normalized spacial score (nSPS) is 20.4. The molecule has 1 aromatic carbocycles. The first-order valence-electron chi connectivity index (χ1n) is 8.19. The fraction of sp³-hybridized carbons (Fsp3) is 0.611. The van der Waals surface area contributed by atoms with Crippen molar-refractivity contribution in [3.05, 3.63) is 35.9 Å². The minimum absolute atomic E-state index is 0.0701. The van der Waals surface area contributed by atoms with Crippen LogP contribution < -0.4 is 11.1 Å². The van der Waals surface area contributed by atoms with E-state index in [4.69, 9.17) is 5.73 Å². The zero-order valence-corrected chi connectivity index (χ0v) is 14.1. The number of hydrogen-bond donors (Lipinski definition) is 2. The summed E-state index contributed by atoms with van der Waals surface area (Å²) in [6.07, 6.45) is 6.02. The van der Waals surface area contributed by atoms with E-state index in [1.807, 2.05) is 30.3 Å². The van der Waals surface area contributed by atoms with Gasteiger partial charge in [0, 0.05) is 12.1 Å². The third-order valence-electron chi connectivity index (χ3n) is 5.16. The molecule has 0 spiro atoms. The van der Waals surface area contributed by atoms with Crippen LogP contribution in [0.1, 0.15) is 44.6 Å². The van der Waals surface area contributed by atoms with Crippen molar-refractivity contribution < 1.29 is 4.79 Å². The monoisotopic (exact) mass is 303 g/mol. The van der Waals surface area contributed by atoms with Crippen LogP contribution in [0, 0.1) is 0 Å². The van der Waals surface area contributed by atoms with Crippen LogP contribution in [0.2, 0.25) is 0 Å². The van der Waals surface area contributed by atoms with Crippen LogP contribution in [-0.4, -0.2) is 37.0 Å². The molecule has 3 N–H and O–H groups in total. The van der Waals surface area contributed by atoms with E-state index >= 15 is 0 Å². The van der Waals surface area contributed by atoms with Gasteiger partial charge in [-0.3, -0.25) is 4.79 Å². The Kier molecular flexibility index (Phi) is 5.24. The van der Waals surface area contributed by atoms with Crippen LogP contribution in [-0.2, 0) is 10.3 Å². The average molecular weight is 303 g/mol. The van der Waals surface area contributed by atoms with Crippen molar-refractivity contribution in [2.75, 3.05) is 20.6 Å². The first-order chi connectivity index (χ1) is 10.4. The maximum absolute atomic E-state index is 12.6. The Hall–Kier alpha value is -1.39. The minimum Gasteiger partial charge on any atom is -0.352 e. The van der Waals surface area contributed by atoms with Crippen molar-refractivity contribution in [3.63, 3.8) is 0 Å². The summed E-state index contributed by atoms with van der Waals surface area (Å²) in [6.45, 7) is 2.44. The molecule has 1 atom stereocenters. The van der Waals surface area contributed by atoms with E-state index in [1.54, 1.807) is 6.92 Å². The molecule has 2 rings (SSSR count). The molecule has 4 heteroatoms. The Bertz CT molecular complexity index is 490. The van der Waals surface area contributed by atoms with Gasteiger partial charge in [0.2, 0.25) is 5.91 Å². The minimum atomic E-state index is -0.997. The number of nitrogens with zero attached hydrogens (tertiary/aromatic N) is 1. The molecular formula is C18H29N3O. The third kappa shape index (κ3) is 3.50. The number of hydrogen-bond acceptors (Lipinski definition) is 3.